The summed E-state index contributed by atoms with van der Waals surface area (Å²) in [6, 6.07) is 7.68. The third kappa shape index (κ3) is 3.22. The van der Waals surface area contributed by atoms with Crippen LogP contribution in [-0.4, -0.2) is 5.11 Å². The Kier molecular flexibility index (Phi) is 4.02. The van der Waals surface area contributed by atoms with E-state index in [0.29, 0.717) is 5.56 Å². The molecule has 1 atom stereocenters. The van der Waals surface area contributed by atoms with Crippen molar-refractivity contribution in [2.75, 3.05) is 0 Å². The molecule has 0 aliphatic carbocycles. The topological polar surface area (TPSA) is 29.5 Å². The molecule has 0 fully saturated rings. The average Bonchev–Trinajstić information content (AvgIpc) is 2.34. The Balaban J connectivity index is 2.28. The molecule has 2 aromatic rings. The summed E-state index contributed by atoms with van der Waals surface area (Å²) in [5, 5.41) is 9.39. The van der Waals surface area contributed by atoms with Crippen LogP contribution in [-0.2, 0) is 0 Å². The Labute approximate surface area is 114 Å². The molecule has 2 rings (SSSR count). The molecule has 0 heterocycles. The van der Waals surface area contributed by atoms with Crippen LogP contribution in [0.15, 0.2) is 36.4 Å². The molecule has 0 radical (unpaired) electrons. The van der Waals surface area contributed by atoms with Gasteiger partial charge in [-0.25, -0.2) is 8.78 Å². The van der Waals surface area contributed by atoms with Gasteiger partial charge < -0.3 is 9.84 Å². The summed E-state index contributed by atoms with van der Waals surface area (Å²) in [6.45, 7) is 1.53. The summed E-state index contributed by atoms with van der Waals surface area (Å²) in [7, 11) is 0. The van der Waals surface area contributed by atoms with Gasteiger partial charge in [0.1, 0.15) is 11.6 Å². The van der Waals surface area contributed by atoms with Crippen LogP contribution in [0.5, 0.6) is 11.5 Å². The van der Waals surface area contributed by atoms with Gasteiger partial charge in [-0.1, -0.05) is 17.7 Å². The van der Waals surface area contributed by atoms with Crippen LogP contribution in [0.2, 0.25) is 5.02 Å². The Morgan fingerprint density at radius 1 is 1.11 bits per heavy atom. The van der Waals surface area contributed by atoms with E-state index in [9.17, 15) is 13.9 Å². The standard InChI is InChI=1S/C14H11ClF2O2/c1-8(18)9-2-4-14(12(17)6-9)19-13-5-3-10(16)7-11(13)15/h2-8,18H,1H3. The summed E-state index contributed by atoms with van der Waals surface area (Å²) in [5.41, 5.74) is 0.440. The van der Waals surface area contributed by atoms with Crippen molar-refractivity contribution in [3.8, 4) is 11.5 Å². The van der Waals surface area contributed by atoms with Crippen LogP contribution in [0.25, 0.3) is 0 Å². The van der Waals surface area contributed by atoms with Crippen LogP contribution < -0.4 is 4.74 Å². The highest BCUT2D eigenvalue weighted by molar-refractivity contribution is 6.32. The first-order chi connectivity index (χ1) is 8.97. The Morgan fingerprint density at radius 2 is 1.79 bits per heavy atom. The first-order valence-electron chi connectivity index (χ1n) is 5.58. The molecule has 2 nitrogen and oxygen atoms in total. The Bertz CT molecular complexity index is 600. The number of aliphatic hydroxyl groups is 1. The lowest BCUT2D eigenvalue weighted by Gasteiger charge is -2.10. The molecule has 0 amide bonds. The third-order valence-electron chi connectivity index (χ3n) is 2.55. The van der Waals surface area contributed by atoms with Crippen molar-refractivity contribution in [1.82, 2.24) is 0 Å². The van der Waals surface area contributed by atoms with E-state index in [0.717, 1.165) is 6.07 Å². The van der Waals surface area contributed by atoms with Gasteiger partial charge in [0.25, 0.3) is 0 Å². The molecule has 0 bridgehead atoms. The highest BCUT2D eigenvalue weighted by Gasteiger charge is 2.11. The molecular weight excluding hydrogens is 274 g/mol. The van der Waals surface area contributed by atoms with Crippen molar-refractivity contribution in [1.29, 1.82) is 0 Å². The van der Waals surface area contributed by atoms with Gasteiger partial charge in [0.2, 0.25) is 0 Å². The van der Waals surface area contributed by atoms with Gasteiger partial charge in [0.15, 0.2) is 11.6 Å². The molecule has 1 unspecified atom stereocenters. The molecule has 0 aromatic heterocycles. The van der Waals surface area contributed by atoms with Crippen molar-refractivity contribution < 1.29 is 18.6 Å². The lowest BCUT2D eigenvalue weighted by Crippen LogP contribution is -1.95. The monoisotopic (exact) mass is 284 g/mol. The zero-order valence-corrected chi connectivity index (χ0v) is 10.8. The fraction of sp³-hybridized carbons (Fsp3) is 0.143. The Morgan fingerprint density at radius 3 is 2.37 bits per heavy atom. The molecule has 100 valence electrons. The van der Waals surface area contributed by atoms with E-state index in [-0.39, 0.29) is 16.5 Å². The highest BCUT2D eigenvalue weighted by atomic mass is 35.5. The summed E-state index contributed by atoms with van der Waals surface area (Å²) in [4.78, 5) is 0. The fourth-order valence-corrected chi connectivity index (χ4v) is 1.74. The summed E-state index contributed by atoms with van der Waals surface area (Å²) in [5.74, 6) is -1.01. The SMILES string of the molecule is CC(O)c1ccc(Oc2ccc(F)cc2Cl)c(F)c1. The second kappa shape index (κ2) is 5.55. The number of halogens is 3. The zero-order chi connectivity index (χ0) is 14.0. The van der Waals surface area contributed by atoms with Gasteiger partial charge in [0.05, 0.1) is 11.1 Å². The van der Waals surface area contributed by atoms with Gasteiger partial charge in [-0.15, -0.1) is 0 Å². The van der Waals surface area contributed by atoms with Crippen molar-refractivity contribution >= 4 is 11.6 Å². The average molecular weight is 285 g/mol. The number of aliphatic hydroxyl groups excluding tert-OH is 1. The molecule has 0 aliphatic heterocycles. The molecule has 2 aromatic carbocycles. The van der Waals surface area contributed by atoms with E-state index >= 15 is 0 Å². The number of benzene rings is 2. The van der Waals surface area contributed by atoms with Crippen molar-refractivity contribution in [2.24, 2.45) is 0 Å². The summed E-state index contributed by atoms with van der Waals surface area (Å²) < 4.78 is 31.9. The highest BCUT2D eigenvalue weighted by Crippen LogP contribution is 2.32. The van der Waals surface area contributed by atoms with Crippen molar-refractivity contribution in [3.63, 3.8) is 0 Å². The van der Waals surface area contributed by atoms with Gasteiger partial charge >= 0.3 is 0 Å². The number of hydrogen-bond acceptors (Lipinski definition) is 2. The molecule has 0 aliphatic rings. The van der Waals surface area contributed by atoms with Crippen LogP contribution in [0.4, 0.5) is 8.78 Å². The largest absolute Gasteiger partial charge is 0.453 e. The van der Waals surface area contributed by atoms with Crippen molar-refractivity contribution in [2.45, 2.75) is 13.0 Å². The van der Waals surface area contributed by atoms with E-state index < -0.39 is 17.7 Å². The van der Waals surface area contributed by atoms with Crippen LogP contribution >= 0.6 is 11.6 Å². The van der Waals surface area contributed by atoms with E-state index in [1.54, 1.807) is 6.07 Å². The maximum absolute atomic E-state index is 13.8. The van der Waals surface area contributed by atoms with E-state index in [1.165, 1.54) is 31.2 Å². The van der Waals surface area contributed by atoms with Crippen LogP contribution in [0, 0.1) is 11.6 Å². The van der Waals surface area contributed by atoms with E-state index in [2.05, 4.69) is 0 Å². The normalized spacial score (nSPS) is 12.3. The summed E-state index contributed by atoms with van der Waals surface area (Å²) in [6.07, 6.45) is -0.766. The predicted molar refractivity (Wildman–Crippen MR) is 68.5 cm³/mol. The van der Waals surface area contributed by atoms with Crippen molar-refractivity contribution in [3.05, 3.63) is 58.6 Å². The van der Waals surface area contributed by atoms with Crippen LogP contribution in [0.3, 0.4) is 0 Å². The summed E-state index contributed by atoms with van der Waals surface area (Å²) >= 11 is 5.79. The maximum Gasteiger partial charge on any atom is 0.166 e. The second-order valence-corrected chi connectivity index (χ2v) is 4.45. The molecular formula is C14H11ClF2O2. The lowest BCUT2D eigenvalue weighted by molar-refractivity contribution is 0.198. The third-order valence-corrected chi connectivity index (χ3v) is 2.85. The molecule has 19 heavy (non-hydrogen) atoms. The van der Waals surface area contributed by atoms with Gasteiger partial charge in [-0.05, 0) is 42.8 Å². The minimum Gasteiger partial charge on any atom is -0.453 e. The van der Waals surface area contributed by atoms with E-state index in [1.807, 2.05) is 0 Å². The lowest BCUT2D eigenvalue weighted by atomic mass is 10.1. The molecule has 0 saturated heterocycles. The van der Waals surface area contributed by atoms with E-state index in [4.69, 9.17) is 16.3 Å². The Hall–Kier alpha value is -1.65. The predicted octanol–water partition coefficient (Wildman–Crippen LogP) is 4.46. The quantitative estimate of drug-likeness (QED) is 0.901. The van der Waals surface area contributed by atoms with Gasteiger partial charge in [-0.2, -0.15) is 0 Å². The molecule has 5 heteroatoms. The fourth-order valence-electron chi connectivity index (χ4n) is 1.54. The minimum absolute atomic E-state index is 0.0436. The molecule has 1 N–H and O–H groups in total. The smallest absolute Gasteiger partial charge is 0.166 e. The second-order valence-electron chi connectivity index (χ2n) is 4.04. The number of ether oxygens (including phenoxy) is 1. The molecule has 0 saturated carbocycles. The first-order valence-corrected chi connectivity index (χ1v) is 5.95. The zero-order valence-electron chi connectivity index (χ0n) is 10.0. The molecule has 0 spiro atoms. The van der Waals surface area contributed by atoms with Gasteiger partial charge in [-0.3, -0.25) is 0 Å². The number of rotatable bonds is 3. The van der Waals surface area contributed by atoms with Gasteiger partial charge in [0, 0.05) is 0 Å². The maximum atomic E-state index is 13.8. The number of hydrogen-bond donors (Lipinski definition) is 1. The van der Waals surface area contributed by atoms with Crippen LogP contribution in [0.1, 0.15) is 18.6 Å². The minimum atomic E-state index is -0.766. The first kappa shape index (κ1) is 13.8.